The SMILES string of the molecule is CC(CNC(=O)c1cc(F)cc(F)c1)N1CCCC1. The molecule has 1 heterocycles. The molecule has 0 radical (unpaired) electrons. The van der Waals surface area contributed by atoms with Crippen LogP contribution in [0.15, 0.2) is 18.2 Å². The second kappa shape index (κ2) is 6.10. The number of likely N-dealkylation sites (tertiary alicyclic amines) is 1. The second-order valence-corrected chi connectivity index (χ2v) is 4.96. The van der Waals surface area contributed by atoms with Crippen molar-refractivity contribution in [3.05, 3.63) is 35.4 Å². The summed E-state index contributed by atoms with van der Waals surface area (Å²) in [5.41, 5.74) is 0.0196. The quantitative estimate of drug-likeness (QED) is 0.907. The van der Waals surface area contributed by atoms with Crippen LogP contribution < -0.4 is 5.32 Å². The molecule has 1 unspecified atom stereocenters. The Morgan fingerprint density at radius 3 is 2.42 bits per heavy atom. The van der Waals surface area contributed by atoms with Crippen molar-refractivity contribution in [3.8, 4) is 0 Å². The Morgan fingerprint density at radius 1 is 1.26 bits per heavy atom. The van der Waals surface area contributed by atoms with Crippen LogP contribution in [0.4, 0.5) is 8.78 Å². The summed E-state index contributed by atoms with van der Waals surface area (Å²) in [6.07, 6.45) is 2.38. The molecule has 0 aliphatic carbocycles. The number of hydrogen-bond donors (Lipinski definition) is 1. The molecule has 104 valence electrons. The molecule has 1 atom stereocenters. The molecular formula is C14H18F2N2O. The molecule has 5 heteroatoms. The molecule has 0 bridgehead atoms. The first-order chi connectivity index (χ1) is 9.06. The van der Waals surface area contributed by atoms with Gasteiger partial charge in [-0.25, -0.2) is 8.78 Å². The highest BCUT2D eigenvalue weighted by Gasteiger charge is 2.18. The van der Waals surface area contributed by atoms with Crippen LogP contribution in [0.3, 0.4) is 0 Å². The van der Waals surface area contributed by atoms with Crippen molar-refractivity contribution in [2.24, 2.45) is 0 Å². The number of nitrogens with zero attached hydrogens (tertiary/aromatic N) is 1. The molecule has 0 saturated carbocycles. The Kier molecular flexibility index (Phi) is 4.47. The molecule has 2 rings (SSSR count). The van der Waals surface area contributed by atoms with E-state index in [2.05, 4.69) is 10.2 Å². The van der Waals surface area contributed by atoms with Crippen LogP contribution in [-0.2, 0) is 0 Å². The minimum Gasteiger partial charge on any atom is -0.350 e. The van der Waals surface area contributed by atoms with Gasteiger partial charge in [0.1, 0.15) is 11.6 Å². The Hall–Kier alpha value is -1.49. The molecule has 1 aliphatic rings. The van der Waals surface area contributed by atoms with Gasteiger partial charge < -0.3 is 5.32 Å². The summed E-state index contributed by atoms with van der Waals surface area (Å²) in [6, 6.07) is 3.08. The van der Waals surface area contributed by atoms with Gasteiger partial charge in [0.15, 0.2) is 0 Å². The van der Waals surface area contributed by atoms with E-state index in [9.17, 15) is 13.6 Å². The third kappa shape index (κ3) is 3.73. The Bertz CT molecular complexity index is 439. The first-order valence-electron chi connectivity index (χ1n) is 6.54. The Morgan fingerprint density at radius 2 is 1.84 bits per heavy atom. The van der Waals surface area contributed by atoms with Crippen LogP contribution in [0.5, 0.6) is 0 Å². The van der Waals surface area contributed by atoms with E-state index in [1.807, 2.05) is 6.92 Å². The predicted molar refractivity (Wildman–Crippen MR) is 69.0 cm³/mol. The monoisotopic (exact) mass is 268 g/mol. The van der Waals surface area contributed by atoms with E-state index in [1.165, 1.54) is 12.8 Å². The summed E-state index contributed by atoms with van der Waals surface area (Å²) in [5.74, 6) is -1.92. The maximum Gasteiger partial charge on any atom is 0.251 e. The van der Waals surface area contributed by atoms with E-state index in [4.69, 9.17) is 0 Å². The van der Waals surface area contributed by atoms with Crippen molar-refractivity contribution < 1.29 is 13.6 Å². The first-order valence-corrected chi connectivity index (χ1v) is 6.54. The van der Waals surface area contributed by atoms with E-state index in [0.717, 1.165) is 31.3 Å². The van der Waals surface area contributed by atoms with Crippen LogP contribution >= 0.6 is 0 Å². The van der Waals surface area contributed by atoms with Crippen LogP contribution in [-0.4, -0.2) is 36.5 Å². The van der Waals surface area contributed by atoms with E-state index < -0.39 is 17.5 Å². The van der Waals surface area contributed by atoms with Gasteiger partial charge in [-0.15, -0.1) is 0 Å². The molecule has 1 aliphatic heterocycles. The summed E-state index contributed by atoms with van der Waals surface area (Å²) < 4.78 is 26.0. The molecule has 1 aromatic rings. The van der Waals surface area contributed by atoms with Gasteiger partial charge in [0.05, 0.1) is 0 Å². The second-order valence-electron chi connectivity index (χ2n) is 4.96. The third-order valence-electron chi connectivity index (χ3n) is 3.45. The molecule has 1 N–H and O–H groups in total. The molecule has 1 aromatic carbocycles. The van der Waals surface area contributed by atoms with Gasteiger partial charge in [0.25, 0.3) is 5.91 Å². The van der Waals surface area contributed by atoms with Crippen LogP contribution in [0.2, 0.25) is 0 Å². The van der Waals surface area contributed by atoms with Gasteiger partial charge in [0.2, 0.25) is 0 Å². The lowest BCUT2D eigenvalue weighted by Gasteiger charge is -2.23. The van der Waals surface area contributed by atoms with Gasteiger partial charge in [0, 0.05) is 24.2 Å². The lowest BCUT2D eigenvalue weighted by molar-refractivity contribution is 0.0939. The number of carbonyl (C=O) groups is 1. The highest BCUT2D eigenvalue weighted by atomic mass is 19.1. The lowest BCUT2D eigenvalue weighted by atomic mass is 10.2. The zero-order valence-corrected chi connectivity index (χ0v) is 11.0. The van der Waals surface area contributed by atoms with Crippen molar-refractivity contribution >= 4 is 5.91 Å². The molecular weight excluding hydrogens is 250 g/mol. The zero-order chi connectivity index (χ0) is 13.8. The van der Waals surface area contributed by atoms with E-state index in [1.54, 1.807) is 0 Å². The fourth-order valence-electron chi connectivity index (χ4n) is 2.34. The Labute approximate surface area is 111 Å². The average Bonchev–Trinajstić information content (AvgIpc) is 2.88. The van der Waals surface area contributed by atoms with Crippen molar-refractivity contribution in [2.45, 2.75) is 25.8 Å². The summed E-state index contributed by atoms with van der Waals surface area (Å²) >= 11 is 0. The molecule has 0 aromatic heterocycles. The van der Waals surface area contributed by atoms with Gasteiger partial charge >= 0.3 is 0 Å². The molecule has 1 fully saturated rings. The predicted octanol–water partition coefficient (Wildman–Crippen LogP) is 2.18. The summed E-state index contributed by atoms with van der Waals surface area (Å²) in [5, 5.41) is 2.72. The smallest absolute Gasteiger partial charge is 0.251 e. The van der Waals surface area contributed by atoms with Gasteiger partial charge in [-0.2, -0.15) is 0 Å². The number of halogens is 2. The third-order valence-corrected chi connectivity index (χ3v) is 3.45. The standard InChI is InChI=1S/C14H18F2N2O/c1-10(18-4-2-3-5-18)9-17-14(19)11-6-12(15)8-13(16)7-11/h6-8,10H,2-5,9H2,1H3,(H,17,19). The van der Waals surface area contributed by atoms with Crippen molar-refractivity contribution in [1.82, 2.24) is 10.2 Å². The number of amides is 1. The highest BCUT2D eigenvalue weighted by Crippen LogP contribution is 2.11. The van der Waals surface area contributed by atoms with Gasteiger partial charge in [-0.05, 0) is 45.0 Å². The maximum atomic E-state index is 13.0. The lowest BCUT2D eigenvalue weighted by Crippen LogP contribution is -2.40. The number of rotatable bonds is 4. The molecule has 1 saturated heterocycles. The summed E-state index contributed by atoms with van der Waals surface area (Å²) in [7, 11) is 0. The number of nitrogens with one attached hydrogen (secondary N) is 1. The van der Waals surface area contributed by atoms with E-state index in [0.29, 0.717) is 6.54 Å². The normalized spacial score (nSPS) is 17.4. The number of carbonyl (C=O) groups excluding carboxylic acids is 1. The van der Waals surface area contributed by atoms with E-state index in [-0.39, 0.29) is 11.6 Å². The van der Waals surface area contributed by atoms with E-state index >= 15 is 0 Å². The highest BCUT2D eigenvalue weighted by molar-refractivity contribution is 5.94. The van der Waals surface area contributed by atoms with Crippen LogP contribution in [0.1, 0.15) is 30.1 Å². The molecule has 1 amide bonds. The fourth-order valence-corrected chi connectivity index (χ4v) is 2.34. The molecule has 0 spiro atoms. The van der Waals surface area contributed by atoms with Gasteiger partial charge in [-0.1, -0.05) is 0 Å². The van der Waals surface area contributed by atoms with Crippen molar-refractivity contribution in [3.63, 3.8) is 0 Å². The summed E-state index contributed by atoms with van der Waals surface area (Å²) in [6.45, 7) is 4.62. The van der Waals surface area contributed by atoms with Crippen molar-refractivity contribution in [2.75, 3.05) is 19.6 Å². The Balaban J connectivity index is 1.89. The zero-order valence-electron chi connectivity index (χ0n) is 11.0. The molecule has 3 nitrogen and oxygen atoms in total. The average molecular weight is 268 g/mol. The van der Waals surface area contributed by atoms with Gasteiger partial charge in [-0.3, -0.25) is 9.69 Å². The first kappa shape index (κ1) is 13.9. The molecule has 19 heavy (non-hydrogen) atoms. The largest absolute Gasteiger partial charge is 0.350 e. The maximum absolute atomic E-state index is 13.0. The summed E-state index contributed by atoms with van der Waals surface area (Å²) in [4.78, 5) is 14.1. The minimum absolute atomic E-state index is 0.0196. The van der Waals surface area contributed by atoms with Crippen LogP contribution in [0, 0.1) is 11.6 Å². The number of benzene rings is 1. The minimum atomic E-state index is -0.738. The van der Waals surface area contributed by atoms with Crippen molar-refractivity contribution in [1.29, 1.82) is 0 Å². The number of hydrogen-bond acceptors (Lipinski definition) is 2. The fraction of sp³-hybridized carbons (Fsp3) is 0.500. The van der Waals surface area contributed by atoms with Crippen LogP contribution in [0.25, 0.3) is 0 Å². The topological polar surface area (TPSA) is 32.3 Å².